The van der Waals surface area contributed by atoms with Gasteiger partial charge in [0.2, 0.25) is 5.91 Å². The lowest BCUT2D eigenvalue weighted by Gasteiger charge is -2.36. The van der Waals surface area contributed by atoms with Crippen LogP contribution in [-0.4, -0.2) is 42.6 Å². The average Bonchev–Trinajstić information content (AvgIpc) is 2.45. The number of amides is 1. The predicted molar refractivity (Wildman–Crippen MR) is 84.6 cm³/mol. The molecule has 0 spiro atoms. The second-order valence-electron chi connectivity index (χ2n) is 5.81. The average molecular weight is 290 g/mol. The number of hydrogen-bond acceptors (Lipinski definition) is 3. The van der Waals surface area contributed by atoms with Crippen molar-refractivity contribution in [2.24, 2.45) is 0 Å². The summed E-state index contributed by atoms with van der Waals surface area (Å²) in [6.07, 6.45) is 1.28. The molecule has 1 fully saturated rings. The lowest BCUT2D eigenvalue weighted by Crippen LogP contribution is -2.55. The third kappa shape index (κ3) is 4.46. The van der Waals surface area contributed by atoms with Crippen LogP contribution in [0.4, 0.5) is 0 Å². The predicted octanol–water partition coefficient (Wildman–Crippen LogP) is 2.23. The molecule has 0 radical (unpaired) electrons. The molecular formula is C17H26N2O2. The first-order chi connectivity index (χ1) is 10.1. The van der Waals surface area contributed by atoms with Crippen molar-refractivity contribution < 1.29 is 9.53 Å². The van der Waals surface area contributed by atoms with Gasteiger partial charge in [0.15, 0.2) is 0 Å². The third-order valence-corrected chi connectivity index (χ3v) is 3.79. The molecule has 0 saturated carbocycles. The fourth-order valence-electron chi connectivity index (χ4n) is 2.94. The van der Waals surface area contributed by atoms with Crippen LogP contribution in [0.3, 0.4) is 0 Å². The van der Waals surface area contributed by atoms with Gasteiger partial charge in [-0.2, -0.15) is 0 Å². The van der Waals surface area contributed by atoms with Gasteiger partial charge in [0, 0.05) is 31.6 Å². The van der Waals surface area contributed by atoms with Crippen LogP contribution in [-0.2, 0) is 11.2 Å². The molecule has 1 saturated heterocycles. The van der Waals surface area contributed by atoms with E-state index in [9.17, 15) is 4.79 Å². The van der Waals surface area contributed by atoms with Crippen molar-refractivity contribution in [1.29, 1.82) is 0 Å². The number of nitrogens with zero attached hydrogens (tertiary/aromatic N) is 1. The van der Waals surface area contributed by atoms with Crippen LogP contribution < -0.4 is 10.1 Å². The van der Waals surface area contributed by atoms with E-state index in [0.717, 1.165) is 30.8 Å². The van der Waals surface area contributed by atoms with Crippen LogP contribution >= 0.6 is 0 Å². The Bertz CT molecular complexity index is 466. The van der Waals surface area contributed by atoms with Crippen LogP contribution in [0.1, 0.15) is 32.8 Å². The van der Waals surface area contributed by atoms with E-state index in [0.29, 0.717) is 25.1 Å². The van der Waals surface area contributed by atoms with Crippen LogP contribution in [0, 0.1) is 0 Å². The first kappa shape index (κ1) is 15.8. The summed E-state index contributed by atoms with van der Waals surface area (Å²) in [6, 6.07) is 8.72. The Morgan fingerprint density at radius 3 is 2.62 bits per heavy atom. The third-order valence-electron chi connectivity index (χ3n) is 3.79. The number of piperazine rings is 1. The Kier molecular flexibility index (Phi) is 5.62. The fourth-order valence-corrected chi connectivity index (χ4v) is 2.94. The minimum absolute atomic E-state index is 0.238. The Morgan fingerprint density at radius 1 is 1.29 bits per heavy atom. The van der Waals surface area contributed by atoms with Gasteiger partial charge in [0.05, 0.1) is 6.61 Å². The Hall–Kier alpha value is -1.55. The molecule has 0 aromatic heterocycles. The van der Waals surface area contributed by atoms with Gasteiger partial charge in [-0.25, -0.2) is 0 Å². The highest BCUT2D eigenvalue weighted by Gasteiger charge is 2.24. The number of para-hydroxylation sites is 1. The van der Waals surface area contributed by atoms with E-state index < -0.39 is 0 Å². The van der Waals surface area contributed by atoms with Crippen LogP contribution in [0.15, 0.2) is 24.3 Å². The van der Waals surface area contributed by atoms with Crippen LogP contribution in [0.25, 0.3) is 0 Å². The van der Waals surface area contributed by atoms with E-state index in [-0.39, 0.29) is 5.91 Å². The maximum atomic E-state index is 12.4. The molecule has 4 nitrogen and oxygen atoms in total. The summed E-state index contributed by atoms with van der Waals surface area (Å²) in [5.74, 6) is 1.14. The largest absolute Gasteiger partial charge is 0.494 e. The molecule has 1 aromatic carbocycles. The SMILES string of the molecule is CCOc1ccccc1CCC(=O)N1C[C@@H](C)N[C@H](C)C1. The van der Waals surface area contributed by atoms with Gasteiger partial charge in [-0.3, -0.25) is 4.79 Å². The lowest BCUT2D eigenvalue weighted by molar-refractivity contribution is -0.132. The standard InChI is InChI=1S/C17H26N2O2/c1-4-21-16-8-6-5-7-15(16)9-10-17(20)19-11-13(2)18-14(3)12-19/h5-8,13-14,18H,4,9-12H2,1-3H3/t13-,14-/m1/s1. The van der Waals surface area contributed by atoms with E-state index in [1.54, 1.807) is 0 Å². The Labute approximate surface area is 127 Å². The van der Waals surface area contributed by atoms with Crippen molar-refractivity contribution in [3.63, 3.8) is 0 Å². The molecule has 21 heavy (non-hydrogen) atoms. The molecule has 1 aliphatic rings. The molecule has 4 heteroatoms. The number of nitrogens with one attached hydrogen (secondary N) is 1. The maximum Gasteiger partial charge on any atom is 0.223 e. The molecule has 2 rings (SSSR count). The molecule has 2 atom stereocenters. The van der Waals surface area contributed by atoms with Crippen molar-refractivity contribution in [3.05, 3.63) is 29.8 Å². The molecule has 1 amide bonds. The van der Waals surface area contributed by atoms with E-state index in [1.807, 2.05) is 36.1 Å². The van der Waals surface area contributed by atoms with Gasteiger partial charge in [0.25, 0.3) is 0 Å². The van der Waals surface area contributed by atoms with Gasteiger partial charge in [0.1, 0.15) is 5.75 Å². The summed E-state index contributed by atoms with van der Waals surface area (Å²) in [4.78, 5) is 14.4. The first-order valence-electron chi connectivity index (χ1n) is 7.84. The van der Waals surface area contributed by atoms with E-state index in [4.69, 9.17) is 4.74 Å². The number of rotatable bonds is 5. The molecule has 0 aliphatic carbocycles. The van der Waals surface area contributed by atoms with Crippen molar-refractivity contribution in [2.45, 2.75) is 45.7 Å². The molecule has 0 bridgehead atoms. The number of aryl methyl sites for hydroxylation is 1. The topological polar surface area (TPSA) is 41.6 Å². The van der Waals surface area contributed by atoms with Crippen molar-refractivity contribution in [1.82, 2.24) is 10.2 Å². The first-order valence-corrected chi connectivity index (χ1v) is 7.84. The van der Waals surface area contributed by atoms with Crippen LogP contribution in [0.5, 0.6) is 5.75 Å². The monoisotopic (exact) mass is 290 g/mol. The zero-order chi connectivity index (χ0) is 15.2. The second kappa shape index (κ2) is 7.46. The summed E-state index contributed by atoms with van der Waals surface area (Å²) < 4.78 is 5.61. The number of ether oxygens (including phenoxy) is 1. The van der Waals surface area contributed by atoms with E-state index in [1.165, 1.54) is 0 Å². The fraction of sp³-hybridized carbons (Fsp3) is 0.588. The van der Waals surface area contributed by atoms with Crippen molar-refractivity contribution in [2.75, 3.05) is 19.7 Å². The molecule has 116 valence electrons. The van der Waals surface area contributed by atoms with Gasteiger partial charge < -0.3 is 15.0 Å². The van der Waals surface area contributed by atoms with Gasteiger partial charge in [-0.15, -0.1) is 0 Å². The summed E-state index contributed by atoms with van der Waals surface area (Å²) >= 11 is 0. The molecule has 1 aliphatic heterocycles. The Balaban J connectivity index is 1.92. The van der Waals surface area contributed by atoms with Gasteiger partial charge >= 0.3 is 0 Å². The number of benzene rings is 1. The van der Waals surface area contributed by atoms with Crippen LogP contribution in [0.2, 0.25) is 0 Å². The lowest BCUT2D eigenvalue weighted by atomic mass is 10.1. The van der Waals surface area contributed by atoms with Crippen molar-refractivity contribution >= 4 is 5.91 Å². The van der Waals surface area contributed by atoms with Gasteiger partial charge in [-0.1, -0.05) is 18.2 Å². The van der Waals surface area contributed by atoms with E-state index >= 15 is 0 Å². The maximum absolute atomic E-state index is 12.4. The molecular weight excluding hydrogens is 264 g/mol. The summed E-state index contributed by atoms with van der Waals surface area (Å²) in [5, 5.41) is 3.45. The molecule has 1 N–H and O–H groups in total. The summed E-state index contributed by atoms with van der Waals surface area (Å²) in [5.41, 5.74) is 1.11. The van der Waals surface area contributed by atoms with Gasteiger partial charge in [-0.05, 0) is 38.8 Å². The highest BCUT2D eigenvalue weighted by molar-refractivity contribution is 5.76. The number of hydrogen-bond donors (Lipinski definition) is 1. The minimum Gasteiger partial charge on any atom is -0.494 e. The Morgan fingerprint density at radius 2 is 1.95 bits per heavy atom. The zero-order valence-electron chi connectivity index (χ0n) is 13.3. The zero-order valence-corrected chi connectivity index (χ0v) is 13.3. The number of carbonyl (C=O) groups is 1. The highest BCUT2D eigenvalue weighted by atomic mass is 16.5. The smallest absolute Gasteiger partial charge is 0.223 e. The highest BCUT2D eigenvalue weighted by Crippen LogP contribution is 2.20. The second-order valence-corrected chi connectivity index (χ2v) is 5.81. The normalized spacial score (nSPS) is 22.1. The minimum atomic E-state index is 0.238. The molecule has 1 heterocycles. The molecule has 0 unspecified atom stereocenters. The van der Waals surface area contributed by atoms with E-state index in [2.05, 4.69) is 19.2 Å². The quantitative estimate of drug-likeness (QED) is 0.904. The van der Waals surface area contributed by atoms with Crippen molar-refractivity contribution in [3.8, 4) is 5.75 Å². The number of carbonyl (C=O) groups excluding carboxylic acids is 1. The summed E-state index contributed by atoms with van der Waals surface area (Å²) in [7, 11) is 0. The molecule has 1 aromatic rings. The summed E-state index contributed by atoms with van der Waals surface area (Å²) in [6.45, 7) is 8.48.